The summed E-state index contributed by atoms with van der Waals surface area (Å²) in [5.41, 5.74) is 0. The minimum atomic E-state index is -0.118. The van der Waals surface area contributed by atoms with Gasteiger partial charge in [-0.3, -0.25) is 4.79 Å². The summed E-state index contributed by atoms with van der Waals surface area (Å²) >= 11 is 0. The second-order valence-corrected chi connectivity index (χ2v) is 2.59. The largest absolute Gasteiger partial charge is 0.338 e. The Morgan fingerprint density at radius 3 is 3.09 bits per heavy atom. The molecule has 0 aromatic carbocycles. The molecule has 0 saturated carbocycles. The molecule has 1 aliphatic heterocycles. The summed E-state index contributed by atoms with van der Waals surface area (Å²) in [6.45, 7) is 2.71. The maximum atomic E-state index is 10.8. The van der Waals surface area contributed by atoms with Crippen LogP contribution in [-0.2, 0) is 4.79 Å². The van der Waals surface area contributed by atoms with Gasteiger partial charge < -0.3 is 4.90 Å². The number of rotatable bonds is 0. The van der Waals surface area contributed by atoms with Crippen LogP contribution < -0.4 is 0 Å². The first kappa shape index (κ1) is 7.80. The highest BCUT2D eigenvalue weighted by Crippen LogP contribution is 2.07. The van der Waals surface area contributed by atoms with E-state index in [9.17, 15) is 4.79 Å². The molecule has 3 heteroatoms. The van der Waals surface area contributed by atoms with Crippen molar-refractivity contribution in [3.8, 4) is 6.07 Å². The zero-order chi connectivity index (χ0) is 8.27. The predicted octanol–water partition coefficient (Wildman–Crippen LogP) is 0.544. The average molecular weight is 150 g/mol. The fraction of sp³-hybridized carbons (Fsp3) is 0.500. The summed E-state index contributed by atoms with van der Waals surface area (Å²) in [7, 11) is 0. The minimum absolute atomic E-state index is 0.0367. The maximum absolute atomic E-state index is 10.8. The lowest BCUT2D eigenvalue weighted by atomic mass is 10.1. The van der Waals surface area contributed by atoms with Gasteiger partial charge in [-0.25, -0.2) is 0 Å². The van der Waals surface area contributed by atoms with E-state index in [0.29, 0.717) is 13.1 Å². The molecule has 1 rings (SSSR count). The van der Waals surface area contributed by atoms with E-state index in [1.807, 2.05) is 12.2 Å². The number of carbonyl (C=O) groups excluding carboxylic acids is 1. The maximum Gasteiger partial charge on any atom is 0.219 e. The quantitative estimate of drug-likeness (QED) is 0.473. The smallest absolute Gasteiger partial charge is 0.219 e. The van der Waals surface area contributed by atoms with Crippen LogP contribution in [0.3, 0.4) is 0 Å². The van der Waals surface area contributed by atoms with E-state index in [-0.39, 0.29) is 11.8 Å². The number of hydrogen-bond donors (Lipinski definition) is 0. The van der Waals surface area contributed by atoms with Crippen LogP contribution in [0.2, 0.25) is 0 Å². The molecule has 0 saturated heterocycles. The lowest BCUT2D eigenvalue weighted by Crippen LogP contribution is -2.35. The van der Waals surface area contributed by atoms with Crippen molar-refractivity contribution in [2.45, 2.75) is 6.92 Å². The zero-order valence-electron chi connectivity index (χ0n) is 6.45. The van der Waals surface area contributed by atoms with Gasteiger partial charge in [0, 0.05) is 20.0 Å². The van der Waals surface area contributed by atoms with Crippen molar-refractivity contribution in [2.24, 2.45) is 5.92 Å². The molecule has 58 valence electrons. The monoisotopic (exact) mass is 150 g/mol. The summed E-state index contributed by atoms with van der Waals surface area (Å²) in [6.07, 6.45) is 3.71. The van der Waals surface area contributed by atoms with Gasteiger partial charge in [0.05, 0.1) is 12.0 Å². The standard InChI is InChI=1S/C8H10N2O/c1-7(11)10-4-2-3-8(5-9)6-10/h2-3,8H,4,6H2,1H3/t8-/m1/s1. The summed E-state index contributed by atoms with van der Waals surface area (Å²) in [4.78, 5) is 12.5. The molecule has 0 aromatic rings. The molecular weight excluding hydrogens is 140 g/mol. The Labute approximate surface area is 65.9 Å². The van der Waals surface area contributed by atoms with Crippen LogP contribution in [0.15, 0.2) is 12.2 Å². The highest BCUT2D eigenvalue weighted by atomic mass is 16.2. The molecule has 0 aromatic heterocycles. The number of nitrogens with zero attached hydrogens (tertiary/aromatic N) is 2. The van der Waals surface area contributed by atoms with Gasteiger partial charge >= 0.3 is 0 Å². The molecule has 1 heterocycles. The molecule has 0 N–H and O–H groups in total. The molecule has 11 heavy (non-hydrogen) atoms. The third-order valence-electron chi connectivity index (χ3n) is 1.72. The highest BCUT2D eigenvalue weighted by molar-refractivity contribution is 5.73. The Morgan fingerprint density at radius 2 is 2.55 bits per heavy atom. The van der Waals surface area contributed by atoms with Crippen LogP contribution in [0.1, 0.15) is 6.92 Å². The van der Waals surface area contributed by atoms with Crippen molar-refractivity contribution < 1.29 is 4.79 Å². The van der Waals surface area contributed by atoms with Crippen LogP contribution in [0.4, 0.5) is 0 Å². The van der Waals surface area contributed by atoms with Crippen molar-refractivity contribution in [1.82, 2.24) is 4.90 Å². The molecule has 0 fully saturated rings. The second-order valence-electron chi connectivity index (χ2n) is 2.59. The molecular formula is C8H10N2O. The van der Waals surface area contributed by atoms with Crippen LogP contribution in [0.5, 0.6) is 0 Å². The van der Waals surface area contributed by atoms with E-state index in [1.165, 1.54) is 6.92 Å². The van der Waals surface area contributed by atoms with Gasteiger partial charge in [0.1, 0.15) is 0 Å². The molecule has 3 nitrogen and oxygen atoms in total. The average Bonchev–Trinajstić information content (AvgIpc) is 2.05. The Balaban J connectivity index is 2.60. The number of carbonyl (C=O) groups is 1. The summed E-state index contributed by atoms with van der Waals surface area (Å²) in [6, 6.07) is 2.11. The normalized spacial score (nSPS) is 22.9. The summed E-state index contributed by atoms with van der Waals surface area (Å²) < 4.78 is 0. The highest BCUT2D eigenvalue weighted by Gasteiger charge is 2.15. The van der Waals surface area contributed by atoms with Gasteiger partial charge in [0.2, 0.25) is 5.91 Å². The van der Waals surface area contributed by atoms with Gasteiger partial charge in [-0.1, -0.05) is 12.2 Å². The topological polar surface area (TPSA) is 44.1 Å². The molecule has 0 spiro atoms. The van der Waals surface area contributed by atoms with Crippen molar-refractivity contribution >= 4 is 5.91 Å². The van der Waals surface area contributed by atoms with Crippen molar-refractivity contribution in [2.75, 3.05) is 13.1 Å². The third kappa shape index (κ3) is 1.81. The first-order valence-electron chi connectivity index (χ1n) is 3.56. The van der Waals surface area contributed by atoms with Crippen LogP contribution in [0.25, 0.3) is 0 Å². The SMILES string of the molecule is CC(=O)N1CC=C[C@H](C#N)C1. The van der Waals surface area contributed by atoms with E-state index >= 15 is 0 Å². The van der Waals surface area contributed by atoms with E-state index in [1.54, 1.807) is 4.90 Å². The van der Waals surface area contributed by atoms with Crippen LogP contribution in [-0.4, -0.2) is 23.9 Å². The number of hydrogen-bond acceptors (Lipinski definition) is 2. The van der Waals surface area contributed by atoms with Gasteiger partial charge in [-0.05, 0) is 0 Å². The van der Waals surface area contributed by atoms with E-state index in [2.05, 4.69) is 6.07 Å². The Morgan fingerprint density at radius 1 is 1.82 bits per heavy atom. The zero-order valence-corrected chi connectivity index (χ0v) is 6.45. The molecule has 1 atom stereocenters. The van der Waals surface area contributed by atoms with E-state index in [4.69, 9.17) is 5.26 Å². The molecule has 0 unspecified atom stereocenters. The lowest BCUT2D eigenvalue weighted by molar-refractivity contribution is -0.128. The number of nitriles is 1. The Bertz CT molecular complexity index is 227. The van der Waals surface area contributed by atoms with Crippen LogP contribution in [0, 0.1) is 17.2 Å². The van der Waals surface area contributed by atoms with Gasteiger partial charge in [-0.15, -0.1) is 0 Å². The van der Waals surface area contributed by atoms with E-state index < -0.39 is 0 Å². The molecule has 0 bridgehead atoms. The first-order chi connectivity index (χ1) is 5.24. The molecule has 0 radical (unpaired) electrons. The molecule has 0 aliphatic carbocycles. The Hall–Kier alpha value is -1.30. The summed E-state index contributed by atoms with van der Waals surface area (Å²) in [5.74, 6) is -0.0813. The van der Waals surface area contributed by atoms with Crippen molar-refractivity contribution in [3.63, 3.8) is 0 Å². The second kappa shape index (κ2) is 3.20. The Kier molecular flexibility index (Phi) is 2.27. The van der Waals surface area contributed by atoms with Crippen LogP contribution >= 0.6 is 0 Å². The van der Waals surface area contributed by atoms with Gasteiger partial charge in [0.15, 0.2) is 0 Å². The number of amides is 1. The van der Waals surface area contributed by atoms with Crippen molar-refractivity contribution in [3.05, 3.63) is 12.2 Å². The predicted molar refractivity (Wildman–Crippen MR) is 40.5 cm³/mol. The molecule has 1 aliphatic rings. The fourth-order valence-electron chi connectivity index (χ4n) is 1.07. The lowest BCUT2D eigenvalue weighted by Gasteiger charge is -2.24. The minimum Gasteiger partial charge on any atom is -0.338 e. The molecule has 1 amide bonds. The van der Waals surface area contributed by atoms with Gasteiger partial charge in [0.25, 0.3) is 0 Å². The fourth-order valence-corrected chi connectivity index (χ4v) is 1.07. The van der Waals surface area contributed by atoms with Crippen molar-refractivity contribution in [1.29, 1.82) is 5.26 Å². The third-order valence-corrected chi connectivity index (χ3v) is 1.72. The van der Waals surface area contributed by atoms with Gasteiger partial charge in [-0.2, -0.15) is 5.26 Å². The van der Waals surface area contributed by atoms with E-state index in [0.717, 1.165) is 0 Å². The first-order valence-corrected chi connectivity index (χ1v) is 3.56. The summed E-state index contributed by atoms with van der Waals surface area (Å²) in [5, 5.41) is 8.55.